The predicted molar refractivity (Wildman–Crippen MR) is 128 cm³/mol. The molecule has 0 atom stereocenters. The summed E-state index contributed by atoms with van der Waals surface area (Å²) in [5.41, 5.74) is 2.95. The highest BCUT2D eigenvalue weighted by atomic mass is 32.2. The number of rotatable bonds is 6. The molecule has 0 aliphatic carbocycles. The number of sulfonamides is 1. The van der Waals surface area contributed by atoms with E-state index in [1.165, 1.54) is 11.4 Å². The van der Waals surface area contributed by atoms with Gasteiger partial charge in [-0.1, -0.05) is 54.1 Å². The van der Waals surface area contributed by atoms with Gasteiger partial charge < -0.3 is 5.32 Å². The molecule has 0 aromatic heterocycles. The van der Waals surface area contributed by atoms with E-state index in [1.807, 2.05) is 37.3 Å². The highest BCUT2D eigenvalue weighted by Gasteiger charge is 2.21. The van der Waals surface area contributed by atoms with E-state index < -0.39 is 10.0 Å². The molecule has 0 saturated heterocycles. The lowest BCUT2D eigenvalue weighted by molar-refractivity contribution is 0.0951. The molecule has 0 radical (unpaired) electrons. The van der Waals surface area contributed by atoms with Gasteiger partial charge in [-0.15, -0.1) is 0 Å². The lowest BCUT2D eigenvalue weighted by atomic mass is 10.1. The first-order valence-electron chi connectivity index (χ1n) is 10.3. The van der Waals surface area contributed by atoms with Crippen LogP contribution < -0.4 is 9.62 Å². The minimum absolute atomic E-state index is 0.214. The zero-order chi connectivity index (χ0) is 22.7. The van der Waals surface area contributed by atoms with Gasteiger partial charge in [-0.05, 0) is 65.7 Å². The Morgan fingerprint density at radius 1 is 0.844 bits per heavy atom. The average molecular weight is 445 g/mol. The minimum atomic E-state index is -3.67. The van der Waals surface area contributed by atoms with Crippen molar-refractivity contribution in [3.05, 3.63) is 108 Å². The quantitative estimate of drug-likeness (QED) is 0.460. The van der Waals surface area contributed by atoms with Crippen LogP contribution in [-0.4, -0.2) is 21.4 Å². The molecule has 162 valence electrons. The van der Waals surface area contributed by atoms with Gasteiger partial charge in [0.05, 0.1) is 10.6 Å². The molecule has 0 aliphatic heterocycles. The van der Waals surface area contributed by atoms with Gasteiger partial charge in [0.15, 0.2) is 0 Å². The molecule has 4 aromatic rings. The molecular formula is C26H24N2O3S. The minimum Gasteiger partial charge on any atom is -0.348 e. The molecule has 1 amide bonds. The summed E-state index contributed by atoms with van der Waals surface area (Å²) >= 11 is 0. The van der Waals surface area contributed by atoms with E-state index in [0.717, 1.165) is 21.9 Å². The third-order valence-corrected chi connectivity index (χ3v) is 7.24. The van der Waals surface area contributed by atoms with Crippen molar-refractivity contribution in [2.75, 3.05) is 11.4 Å². The Balaban J connectivity index is 1.44. The molecule has 0 saturated carbocycles. The summed E-state index contributed by atoms with van der Waals surface area (Å²) in [4.78, 5) is 12.8. The van der Waals surface area contributed by atoms with Crippen LogP contribution in [-0.2, 0) is 16.6 Å². The third kappa shape index (κ3) is 4.50. The van der Waals surface area contributed by atoms with Crippen LogP contribution in [0.2, 0.25) is 0 Å². The summed E-state index contributed by atoms with van der Waals surface area (Å²) in [5.74, 6) is -0.214. The molecular weight excluding hydrogens is 420 g/mol. The van der Waals surface area contributed by atoms with Crippen LogP contribution in [0, 0.1) is 6.92 Å². The number of carbonyl (C=O) groups excluding carboxylic acids is 1. The van der Waals surface area contributed by atoms with Gasteiger partial charge in [-0.2, -0.15) is 0 Å². The van der Waals surface area contributed by atoms with Crippen molar-refractivity contribution in [3.63, 3.8) is 0 Å². The number of anilines is 1. The van der Waals surface area contributed by atoms with E-state index in [0.29, 0.717) is 17.8 Å². The maximum Gasteiger partial charge on any atom is 0.264 e. The van der Waals surface area contributed by atoms with Crippen LogP contribution in [0.3, 0.4) is 0 Å². The highest BCUT2D eigenvalue weighted by molar-refractivity contribution is 7.92. The predicted octanol–water partition coefficient (Wildman–Crippen LogP) is 4.90. The number of amides is 1. The second kappa shape index (κ2) is 8.85. The number of hydrogen-bond donors (Lipinski definition) is 1. The maximum absolute atomic E-state index is 12.9. The van der Waals surface area contributed by atoms with Crippen LogP contribution in [0.4, 0.5) is 5.69 Å². The molecule has 32 heavy (non-hydrogen) atoms. The first-order valence-corrected chi connectivity index (χ1v) is 11.7. The molecule has 0 unspecified atom stereocenters. The van der Waals surface area contributed by atoms with E-state index in [2.05, 4.69) is 17.4 Å². The molecule has 0 heterocycles. The van der Waals surface area contributed by atoms with E-state index >= 15 is 0 Å². The Hall–Kier alpha value is -3.64. The van der Waals surface area contributed by atoms with Crippen LogP contribution >= 0.6 is 0 Å². The summed E-state index contributed by atoms with van der Waals surface area (Å²) < 4.78 is 26.9. The lowest BCUT2D eigenvalue weighted by Crippen LogP contribution is -2.27. The highest BCUT2D eigenvalue weighted by Crippen LogP contribution is 2.23. The van der Waals surface area contributed by atoms with Crippen LogP contribution in [0.1, 0.15) is 21.5 Å². The van der Waals surface area contributed by atoms with Crippen molar-refractivity contribution in [1.82, 2.24) is 5.32 Å². The van der Waals surface area contributed by atoms with E-state index in [9.17, 15) is 13.2 Å². The van der Waals surface area contributed by atoms with Gasteiger partial charge in [0.25, 0.3) is 15.9 Å². The molecule has 5 nitrogen and oxygen atoms in total. The summed E-state index contributed by atoms with van der Waals surface area (Å²) in [6.07, 6.45) is 0. The number of benzene rings is 4. The number of nitrogens with one attached hydrogen (secondary N) is 1. The molecule has 1 N–H and O–H groups in total. The van der Waals surface area contributed by atoms with E-state index in [4.69, 9.17) is 0 Å². The fourth-order valence-electron chi connectivity index (χ4n) is 3.46. The SMILES string of the molecule is Cc1ccc(S(=O)(=O)N(C)c2ccc(C(=O)NCc3ccc4ccccc4c3)cc2)cc1. The molecule has 0 aliphatic rings. The smallest absolute Gasteiger partial charge is 0.264 e. The number of nitrogens with zero attached hydrogens (tertiary/aromatic N) is 1. The Kier molecular flexibility index (Phi) is 5.97. The van der Waals surface area contributed by atoms with Crippen molar-refractivity contribution >= 4 is 32.4 Å². The van der Waals surface area contributed by atoms with E-state index in [-0.39, 0.29) is 10.8 Å². The molecule has 4 aromatic carbocycles. The summed E-state index contributed by atoms with van der Waals surface area (Å²) in [5, 5.41) is 5.20. The molecule has 4 rings (SSSR count). The maximum atomic E-state index is 12.9. The van der Waals surface area contributed by atoms with Crippen molar-refractivity contribution in [2.24, 2.45) is 0 Å². The summed E-state index contributed by atoms with van der Waals surface area (Å²) in [6.45, 7) is 2.32. The van der Waals surface area contributed by atoms with Gasteiger partial charge in [0.1, 0.15) is 0 Å². The van der Waals surface area contributed by atoms with Gasteiger partial charge in [0.2, 0.25) is 0 Å². The zero-order valence-electron chi connectivity index (χ0n) is 17.9. The average Bonchev–Trinajstić information content (AvgIpc) is 2.82. The van der Waals surface area contributed by atoms with Crippen LogP contribution in [0.25, 0.3) is 10.8 Å². The summed E-state index contributed by atoms with van der Waals surface area (Å²) in [7, 11) is -2.17. The van der Waals surface area contributed by atoms with E-state index in [1.54, 1.807) is 48.5 Å². The number of hydrogen-bond acceptors (Lipinski definition) is 3. The van der Waals surface area contributed by atoms with Gasteiger partial charge in [0, 0.05) is 19.2 Å². The second-order valence-corrected chi connectivity index (χ2v) is 9.67. The van der Waals surface area contributed by atoms with Crippen molar-refractivity contribution in [3.8, 4) is 0 Å². The molecule has 6 heteroatoms. The first kappa shape index (κ1) is 21.6. The van der Waals surface area contributed by atoms with Crippen LogP contribution in [0.15, 0.2) is 95.9 Å². The Labute approximate surface area is 188 Å². The normalized spacial score (nSPS) is 11.3. The van der Waals surface area contributed by atoms with Gasteiger partial charge in [-0.3, -0.25) is 9.10 Å². The fraction of sp³-hybridized carbons (Fsp3) is 0.115. The molecule has 0 bridgehead atoms. The topological polar surface area (TPSA) is 66.5 Å². The Morgan fingerprint density at radius 3 is 2.19 bits per heavy atom. The number of carbonyl (C=O) groups is 1. The monoisotopic (exact) mass is 444 g/mol. The lowest BCUT2D eigenvalue weighted by Gasteiger charge is -2.20. The van der Waals surface area contributed by atoms with Gasteiger partial charge in [-0.25, -0.2) is 8.42 Å². The third-order valence-electron chi connectivity index (χ3n) is 5.44. The van der Waals surface area contributed by atoms with Crippen molar-refractivity contribution in [2.45, 2.75) is 18.4 Å². The van der Waals surface area contributed by atoms with Gasteiger partial charge >= 0.3 is 0 Å². The number of fused-ring (bicyclic) bond motifs is 1. The standard InChI is InChI=1S/C26H24N2O3S/c1-19-7-15-25(16-8-19)32(30,31)28(2)24-13-11-22(12-14-24)26(29)27-18-20-9-10-21-5-3-4-6-23(21)17-20/h3-17H,18H2,1-2H3,(H,27,29). The first-order chi connectivity index (χ1) is 15.3. The second-order valence-electron chi connectivity index (χ2n) is 7.70. The summed E-state index contributed by atoms with van der Waals surface area (Å²) in [6, 6.07) is 27.4. The molecule has 0 fully saturated rings. The Bertz CT molecular complexity index is 1360. The zero-order valence-corrected chi connectivity index (χ0v) is 18.8. The fourth-order valence-corrected chi connectivity index (χ4v) is 4.66. The largest absolute Gasteiger partial charge is 0.348 e. The molecule has 0 spiro atoms. The van der Waals surface area contributed by atoms with Crippen LogP contribution in [0.5, 0.6) is 0 Å². The number of aryl methyl sites for hydroxylation is 1. The Morgan fingerprint density at radius 2 is 1.50 bits per heavy atom. The van der Waals surface area contributed by atoms with Crippen molar-refractivity contribution in [1.29, 1.82) is 0 Å². The van der Waals surface area contributed by atoms with Crippen molar-refractivity contribution < 1.29 is 13.2 Å².